The Morgan fingerprint density at radius 2 is 1.95 bits per heavy atom. The van der Waals surface area contributed by atoms with E-state index in [2.05, 4.69) is 16.0 Å². The summed E-state index contributed by atoms with van der Waals surface area (Å²) in [5.74, 6) is 0.114. The number of benzene rings is 1. The van der Waals surface area contributed by atoms with Crippen LogP contribution in [-0.2, 0) is 0 Å². The van der Waals surface area contributed by atoms with E-state index in [1.807, 2.05) is 30.1 Å². The van der Waals surface area contributed by atoms with Crippen LogP contribution in [0.25, 0.3) is 10.9 Å². The minimum atomic E-state index is 0.114. The third kappa shape index (κ3) is 2.23. The van der Waals surface area contributed by atoms with E-state index in [0.29, 0.717) is 6.04 Å². The normalized spacial score (nSPS) is 18.0. The molecule has 0 radical (unpaired) electrons. The first-order valence-corrected chi connectivity index (χ1v) is 8.15. The molecule has 2 aliphatic rings. The molecule has 1 aliphatic heterocycles. The maximum atomic E-state index is 12.9. The smallest absolute Gasteiger partial charge is 0.257 e. The number of pyridine rings is 1. The number of hydrogen-bond acceptors (Lipinski definition) is 3. The van der Waals surface area contributed by atoms with E-state index in [-0.39, 0.29) is 5.91 Å². The predicted molar refractivity (Wildman–Crippen MR) is 88.3 cm³/mol. The Morgan fingerprint density at radius 1 is 1.23 bits per heavy atom. The lowest BCUT2D eigenvalue weighted by molar-refractivity contribution is 0.0785. The highest BCUT2D eigenvalue weighted by molar-refractivity contribution is 6.07. The van der Waals surface area contributed by atoms with Gasteiger partial charge in [0.15, 0.2) is 0 Å². The van der Waals surface area contributed by atoms with Crippen molar-refractivity contribution in [3.63, 3.8) is 0 Å². The number of aromatic nitrogens is 1. The number of anilines is 1. The molecule has 1 aliphatic carbocycles. The van der Waals surface area contributed by atoms with Crippen molar-refractivity contribution in [2.24, 2.45) is 0 Å². The third-order valence-corrected chi connectivity index (χ3v) is 4.81. The monoisotopic (exact) mass is 295 g/mol. The predicted octanol–water partition coefficient (Wildman–Crippen LogP) is 3.07. The second-order valence-electron chi connectivity index (χ2n) is 6.38. The van der Waals surface area contributed by atoms with Crippen LogP contribution in [0.5, 0.6) is 0 Å². The number of nitrogens with zero attached hydrogens (tertiary/aromatic N) is 3. The van der Waals surface area contributed by atoms with Gasteiger partial charge in [0.05, 0.1) is 16.8 Å². The van der Waals surface area contributed by atoms with Gasteiger partial charge in [0, 0.05) is 37.8 Å². The molecule has 0 spiro atoms. The van der Waals surface area contributed by atoms with E-state index in [9.17, 15) is 4.79 Å². The molecule has 1 saturated heterocycles. The fraction of sp³-hybridized carbons (Fsp3) is 0.444. The number of para-hydroxylation sites is 1. The van der Waals surface area contributed by atoms with Crippen molar-refractivity contribution in [3.05, 3.63) is 36.0 Å². The standard InChI is InChI=1S/C18H21N3O/c1-20(13-8-9-13)18(22)15-12-19-16-7-3-2-6-14(16)17(15)21-10-4-5-11-21/h2-3,6-7,12-13H,4-5,8-11H2,1H3. The van der Waals surface area contributed by atoms with Crippen molar-refractivity contribution < 1.29 is 4.79 Å². The Hall–Kier alpha value is -2.10. The Kier molecular flexibility index (Phi) is 3.25. The molecule has 2 fully saturated rings. The summed E-state index contributed by atoms with van der Waals surface area (Å²) >= 11 is 0. The zero-order valence-electron chi connectivity index (χ0n) is 13.0. The Labute approximate surface area is 130 Å². The van der Waals surface area contributed by atoms with E-state index >= 15 is 0 Å². The van der Waals surface area contributed by atoms with Crippen LogP contribution < -0.4 is 4.90 Å². The van der Waals surface area contributed by atoms with E-state index < -0.39 is 0 Å². The average Bonchev–Trinajstić information content (AvgIpc) is 3.27. The zero-order chi connectivity index (χ0) is 15.1. The van der Waals surface area contributed by atoms with Crippen molar-refractivity contribution in [2.75, 3.05) is 25.0 Å². The van der Waals surface area contributed by atoms with Crippen LogP contribution in [0.3, 0.4) is 0 Å². The summed E-state index contributed by atoms with van der Waals surface area (Å²) in [6.45, 7) is 2.06. The highest BCUT2D eigenvalue weighted by Gasteiger charge is 2.32. The quantitative estimate of drug-likeness (QED) is 0.873. The van der Waals surface area contributed by atoms with Gasteiger partial charge in [0.1, 0.15) is 0 Å². The lowest BCUT2D eigenvalue weighted by Crippen LogP contribution is -2.31. The maximum Gasteiger partial charge on any atom is 0.257 e. The first kappa shape index (κ1) is 13.6. The molecule has 2 heterocycles. The molecule has 114 valence electrons. The molecule has 4 nitrogen and oxygen atoms in total. The first-order chi connectivity index (χ1) is 10.8. The Bertz CT molecular complexity index is 717. The summed E-state index contributed by atoms with van der Waals surface area (Å²) in [5, 5.41) is 1.10. The molecule has 0 N–H and O–H groups in total. The molecule has 1 amide bonds. The summed E-state index contributed by atoms with van der Waals surface area (Å²) in [7, 11) is 1.92. The van der Waals surface area contributed by atoms with Crippen LogP contribution in [0, 0.1) is 0 Å². The molecule has 1 aromatic carbocycles. The van der Waals surface area contributed by atoms with Crippen LogP contribution >= 0.6 is 0 Å². The molecule has 0 bridgehead atoms. The van der Waals surface area contributed by atoms with E-state index in [0.717, 1.165) is 48.1 Å². The van der Waals surface area contributed by atoms with Crippen LogP contribution in [0.1, 0.15) is 36.0 Å². The van der Waals surface area contributed by atoms with Crippen molar-refractivity contribution >= 4 is 22.5 Å². The van der Waals surface area contributed by atoms with Crippen molar-refractivity contribution in [1.82, 2.24) is 9.88 Å². The largest absolute Gasteiger partial charge is 0.370 e. The van der Waals surface area contributed by atoms with E-state index in [1.165, 1.54) is 12.8 Å². The molecule has 0 atom stereocenters. The van der Waals surface area contributed by atoms with Crippen molar-refractivity contribution in [2.45, 2.75) is 31.7 Å². The summed E-state index contributed by atoms with van der Waals surface area (Å²) < 4.78 is 0. The minimum absolute atomic E-state index is 0.114. The first-order valence-electron chi connectivity index (χ1n) is 8.15. The van der Waals surface area contributed by atoms with E-state index in [1.54, 1.807) is 6.20 Å². The minimum Gasteiger partial charge on any atom is -0.370 e. The van der Waals surface area contributed by atoms with E-state index in [4.69, 9.17) is 0 Å². The van der Waals surface area contributed by atoms with Gasteiger partial charge >= 0.3 is 0 Å². The second-order valence-corrected chi connectivity index (χ2v) is 6.38. The van der Waals surface area contributed by atoms with Crippen LogP contribution in [0.2, 0.25) is 0 Å². The molecular formula is C18H21N3O. The number of carbonyl (C=O) groups excluding carboxylic acids is 1. The number of hydrogen-bond donors (Lipinski definition) is 0. The van der Waals surface area contributed by atoms with Gasteiger partial charge in [-0.3, -0.25) is 9.78 Å². The number of amides is 1. The molecule has 4 rings (SSSR count). The molecule has 4 heteroatoms. The molecule has 1 aromatic heterocycles. The number of rotatable bonds is 3. The summed E-state index contributed by atoms with van der Waals surface area (Å²) in [4.78, 5) is 21.7. The Morgan fingerprint density at radius 3 is 2.68 bits per heavy atom. The number of carbonyl (C=O) groups is 1. The summed E-state index contributed by atoms with van der Waals surface area (Å²) in [6.07, 6.45) is 6.42. The van der Waals surface area contributed by atoms with Crippen LogP contribution in [-0.4, -0.2) is 42.0 Å². The summed E-state index contributed by atoms with van der Waals surface area (Å²) in [6, 6.07) is 8.56. The third-order valence-electron chi connectivity index (χ3n) is 4.81. The second kappa shape index (κ2) is 5.27. The van der Waals surface area contributed by atoms with Gasteiger partial charge in [-0.25, -0.2) is 0 Å². The highest BCUT2D eigenvalue weighted by Crippen LogP contribution is 2.34. The van der Waals surface area contributed by atoms with Gasteiger partial charge in [-0.1, -0.05) is 18.2 Å². The van der Waals surface area contributed by atoms with Crippen molar-refractivity contribution in [1.29, 1.82) is 0 Å². The SMILES string of the molecule is CN(C(=O)c1cnc2ccccc2c1N1CCCC1)C1CC1. The topological polar surface area (TPSA) is 36.4 Å². The van der Waals surface area contributed by atoms with Crippen LogP contribution in [0.15, 0.2) is 30.5 Å². The molecular weight excluding hydrogens is 274 g/mol. The molecule has 0 unspecified atom stereocenters. The fourth-order valence-electron chi connectivity index (χ4n) is 3.38. The van der Waals surface area contributed by atoms with Gasteiger partial charge in [0.25, 0.3) is 5.91 Å². The average molecular weight is 295 g/mol. The van der Waals surface area contributed by atoms with Gasteiger partial charge in [-0.05, 0) is 31.7 Å². The van der Waals surface area contributed by atoms with Gasteiger partial charge in [-0.15, -0.1) is 0 Å². The fourth-order valence-corrected chi connectivity index (χ4v) is 3.38. The molecule has 1 saturated carbocycles. The number of fused-ring (bicyclic) bond motifs is 1. The highest BCUT2D eigenvalue weighted by atomic mass is 16.2. The maximum absolute atomic E-state index is 12.9. The Balaban J connectivity index is 1.85. The lowest BCUT2D eigenvalue weighted by atomic mass is 10.1. The van der Waals surface area contributed by atoms with Gasteiger partial charge in [-0.2, -0.15) is 0 Å². The van der Waals surface area contributed by atoms with Crippen molar-refractivity contribution in [3.8, 4) is 0 Å². The zero-order valence-corrected chi connectivity index (χ0v) is 13.0. The molecule has 22 heavy (non-hydrogen) atoms. The van der Waals surface area contributed by atoms with Crippen LogP contribution in [0.4, 0.5) is 5.69 Å². The van der Waals surface area contributed by atoms with Gasteiger partial charge in [0.2, 0.25) is 0 Å². The summed E-state index contributed by atoms with van der Waals surface area (Å²) in [5.41, 5.74) is 2.81. The lowest BCUT2D eigenvalue weighted by Gasteiger charge is -2.25. The molecule has 2 aromatic rings. The van der Waals surface area contributed by atoms with Gasteiger partial charge < -0.3 is 9.80 Å².